The van der Waals surface area contributed by atoms with Gasteiger partial charge in [-0.1, -0.05) is 18.2 Å². The largest absolute Gasteiger partial charge is 0.494 e. The van der Waals surface area contributed by atoms with Crippen LogP contribution < -0.4 is 15.2 Å². The van der Waals surface area contributed by atoms with Gasteiger partial charge in [-0.3, -0.25) is 0 Å². The molecule has 2 rings (SSSR count). The summed E-state index contributed by atoms with van der Waals surface area (Å²) in [5.74, 6) is 0.950. The van der Waals surface area contributed by atoms with Gasteiger partial charge in [-0.05, 0) is 43.2 Å². The third kappa shape index (κ3) is 5.21. The summed E-state index contributed by atoms with van der Waals surface area (Å²) in [5.41, 5.74) is 6.76. The van der Waals surface area contributed by atoms with E-state index in [4.69, 9.17) is 15.2 Å². The number of hydrogen-bond donors (Lipinski definition) is 1. The quantitative estimate of drug-likeness (QED) is 0.460. The van der Waals surface area contributed by atoms with Crippen LogP contribution in [0.3, 0.4) is 0 Å². The lowest BCUT2D eigenvalue weighted by atomic mass is 10.2. The summed E-state index contributed by atoms with van der Waals surface area (Å²) in [6, 6.07) is 14.5. The van der Waals surface area contributed by atoms with Crippen LogP contribution in [0.15, 0.2) is 48.5 Å². The molecule has 0 spiro atoms. The minimum Gasteiger partial charge on any atom is -0.494 e. The highest BCUT2D eigenvalue weighted by molar-refractivity contribution is 5.90. The molecular formula is C18H21NO4. The highest BCUT2D eigenvalue weighted by Crippen LogP contribution is 2.23. The first-order valence-corrected chi connectivity index (χ1v) is 7.49. The molecule has 0 heterocycles. The van der Waals surface area contributed by atoms with Crippen LogP contribution in [-0.4, -0.2) is 26.3 Å². The molecule has 0 saturated heterocycles. The van der Waals surface area contributed by atoms with Crippen molar-refractivity contribution in [2.75, 3.05) is 26.1 Å². The van der Waals surface area contributed by atoms with Crippen molar-refractivity contribution in [2.24, 2.45) is 0 Å². The first-order valence-electron chi connectivity index (χ1n) is 7.49. The highest BCUT2D eigenvalue weighted by Gasteiger charge is 2.09. The Bertz CT molecular complexity index is 628. The predicted octanol–water partition coefficient (Wildman–Crippen LogP) is 3.29. The van der Waals surface area contributed by atoms with Crippen molar-refractivity contribution in [2.45, 2.75) is 12.8 Å². The van der Waals surface area contributed by atoms with E-state index in [0.717, 1.165) is 18.6 Å². The Morgan fingerprint density at radius 2 is 1.70 bits per heavy atom. The number of nitrogen functional groups attached to an aromatic ring is 1. The molecule has 0 atom stereocenters. The lowest BCUT2D eigenvalue weighted by molar-refractivity contribution is 0.0600. The molecule has 0 saturated carbocycles. The van der Waals surface area contributed by atoms with Gasteiger partial charge in [-0.25, -0.2) is 4.79 Å². The molecular weight excluding hydrogens is 294 g/mol. The fourth-order valence-electron chi connectivity index (χ4n) is 2.00. The van der Waals surface area contributed by atoms with Crippen molar-refractivity contribution < 1.29 is 19.0 Å². The summed E-state index contributed by atoms with van der Waals surface area (Å²) in [6.45, 7) is 1.14. The standard InChI is InChI=1S/C18H21NO4/c1-21-18(20)14-9-10-16(19)17(13-14)23-12-6-5-11-22-15-7-3-2-4-8-15/h2-4,7-10,13H,5-6,11-12,19H2,1H3. The van der Waals surface area contributed by atoms with Crippen LogP contribution in [0.4, 0.5) is 5.69 Å². The third-order valence-corrected chi connectivity index (χ3v) is 3.24. The molecule has 2 aromatic carbocycles. The number of esters is 1. The Morgan fingerprint density at radius 3 is 2.39 bits per heavy atom. The van der Waals surface area contributed by atoms with Gasteiger partial charge in [-0.15, -0.1) is 0 Å². The van der Waals surface area contributed by atoms with E-state index >= 15 is 0 Å². The Balaban J connectivity index is 1.72. The Morgan fingerprint density at radius 1 is 1.00 bits per heavy atom. The van der Waals surface area contributed by atoms with Gasteiger partial charge >= 0.3 is 5.97 Å². The van der Waals surface area contributed by atoms with E-state index in [1.54, 1.807) is 18.2 Å². The van der Waals surface area contributed by atoms with Crippen molar-refractivity contribution in [3.05, 3.63) is 54.1 Å². The maximum atomic E-state index is 11.5. The number of benzene rings is 2. The Labute approximate surface area is 136 Å². The lowest BCUT2D eigenvalue weighted by Crippen LogP contribution is -2.06. The fraction of sp³-hybridized carbons (Fsp3) is 0.278. The zero-order valence-electron chi connectivity index (χ0n) is 13.2. The molecule has 5 nitrogen and oxygen atoms in total. The second-order valence-electron chi connectivity index (χ2n) is 4.96. The third-order valence-electron chi connectivity index (χ3n) is 3.24. The average Bonchev–Trinajstić information content (AvgIpc) is 2.59. The molecule has 0 aliphatic carbocycles. The van der Waals surface area contributed by atoms with Crippen molar-refractivity contribution >= 4 is 11.7 Å². The molecule has 0 unspecified atom stereocenters. The lowest BCUT2D eigenvalue weighted by Gasteiger charge is -2.10. The van der Waals surface area contributed by atoms with Gasteiger partial charge in [0.15, 0.2) is 0 Å². The first-order chi connectivity index (χ1) is 11.2. The van der Waals surface area contributed by atoms with Gasteiger partial charge in [0, 0.05) is 0 Å². The second kappa shape index (κ2) is 8.68. The van der Waals surface area contributed by atoms with E-state index in [1.165, 1.54) is 7.11 Å². The summed E-state index contributed by atoms with van der Waals surface area (Å²) in [4.78, 5) is 11.5. The summed E-state index contributed by atoms with van der Waals surface area (Å²) in [6.07, 6.45) is 1.69. The minimum atomic E-state index is -0.411. The van der Waals surface area contributed by atoms with Crippen molar-refractivity contribution in [1.82, 2.24) is 0 Å². The molecule has 0 aliphatic heterocycles. The molecule has 2 aromatic rings. The van der Waals surface area contributed by atoms with E-state index in [-0.39, 0.29) is 0 Å². The summed E-state index contributed by atoms with van der Waals surface area (Å²) < 4.78 is 15.9. The fourth-order valence-corrected chi connectivity index (χ4v) is 2.00. The number of anilines is 1. The molecule has 0 bridgehead atoms. The van der Waals surface area contributed by atoms with Crippen LogP contribution in [0.25, 0.3) is 0 Å². The molecule has 2 N–H and O–H groups in total. The zero-order chi connectivity index (χ0) is 16.5. The SMILES string of the molecule is COC(=O)c1ccc(N)c(OCCCCOc2ccccc2)c1. The van der Waals surface area contributed by atoms with E-state index in [1.807, 2.05) is 30.3 Å². The number of carbonyl (C=O) groups excluding carboxylic acids is 1. The predicted molar refractivity (Wildman–Crippen MR) is 88.9 cm³/mol. The maximum absolute atomic E-state index is 11.5. The van der Waals surface area contributed by atoms with Crippen LogP contribution in [0.5, 0.6) is 11.5 Å². The summed E-state index contributed by atoms with van der Waals surface area (Å²) >= 11 is 0. The first kappa shape index (κ1) is 16.7. The van der Waals surface area contributed by atoms with Gasteiger partial charge in [0.1, 0.15) is 11.5 Å². The van der Waals surface area contributed by atoms with Crippen molar-refractivity contribution in [3.8, 4) is 11.5 Å². The molecule has 0 radical (unpaired) electrons. The van der Waals surface area contributed by atoms with E-state index in [2.05, 4.69) is 4.74 Å². The number of nitrogens with two attached hydrogens (primary N) is 1. The number of rotatable bonds is 8. The molecule has 0 amide bonds. The smallest absolute Gasteiger partial charge is 0.337 e. The van der Waals surface area contributed by atoms with Gasteiger partial charge in [0.2, 0.25) is 0 Å². The normalized spacial score (nSPS) is 10.1. The van der Waals surface area contributed by atoms with Crippen LogP contribution in [-0.2, 0) is 4.74 Å². The number of ether oxygens (including phenoxy) is 3. The van der Waals surface area contributed by atoms with Crippen LogP contribution in [0.2, 0.25) is 0 Å². The van der Waals surface area contributed by atoms with Gasteiger partial charge in [-0.2, -0.15) is 0 Å². The van der Waals surface area contributed by atoms with Crippen LogP contribution in [0, 0.1) is 0 Å². The van der Waals surface area contributed by atoms with Crippen molar-refractivity contribution in [1.29, 1.82) is 0 Å². The Hall–Kier alpha value is -2.69. The summed E-state index contributed by atoms with van der Waals surface area (Å²) in [7, 11) is 1.34. The monoisotopic (exact) mass is 315 g/mol. The molecule has 122 valence electrons. The van der Waals surface area contributed by atoms with E-state index < -0.39 is 5.97 Å². The van der Waals surface area contributed by atoms with Gasteiger partial charge < -0.3 is 19.9 Å². The maximum Gasteiger partial charge on any atom is 0.337 e. The van der Waals surface area contributed by atoms with Crippen LogP contribution >= 0.6 is 0 Å². The van der Waals surface area contributed by atoms with Gasteiger partial charge in [0.05, 0.1) is 31.6 Å². The highest BCUT2D eigenvalue weighted by atomic mass is 16.5. The molecule has 5 heteroatoms. The average molecular weight is 315 g/mol. The van der Waals surface area contributed by atoms with E-state index in [9.17, 15) is 4.79 Å². The number of hydrogen-bond acceptors (Lipinski definition) is 5. The zero-order valence-corrected chi connectivity index (χ0v) is 13.2. The van der Waals surface area contributed by atoms with Crippen LogP contribution in [0.1, 0.15) is 23.2 Å². The number of methoxy groups -OCH3 is 1. The number of para-hydroxylation sites is 1. The minimum absolute atomic E-state index is 0.411. The van der Waals surface area contributed by atoms with Crippen molar-refractivity contribution in [3.63, 3.8) is 0 Å². The molecule has 0 fully saturated rings. The topological polar surface area (TPSA) is 70.8 Å². The summed E-state index contributed by atoms with van der Waals surface area (Å²) in [5, 5.41) is 0. The molecule has 23 heavy (non-hydrogen) atoms. The van der Waals surface area contributed by atoms with E-state index in [0.29, 0.717) is 30.2 Å². The second-order valence-corrected chi connectivity index (χ2v) is 4.96. The molecule has 0 aromatic heterocycles. The molecule has 0 aliphatic rings. The Kier molecular flexibility index (Phi) is 6.29. The number of unbranched alkanes of at least 4 members (excludes halogenated alkanes) is 1. The number of carbonyl (C=O) groups is 1. The van der Waals surface area contributed by atoms with Gasteiger partial charge in [0.25, 0.3) is 0 Å².